The SMILES string of the molecule is C=CCOc1cccc(C(=N)N)c1. The number of ether oxygens (including phenoxy) is 1. The van der Waals surface area contributed by atoms with Crippen molar-refractivity contribution >= 4 is 5.84 Å². The van der Waals surface area contributed by atoms with Crippen LogP contribution < -0.4 is 10.5 Å². The average Bonchev–Trinajstić information content (AvgIpc) is 2.15. The molecule has 0 aliphatic carbocycles. The van der Waals surface area contributed by atoms with Crippen LogP contribution in [0.15, 0.2) is 36.9 Å². The van der Waals surface area contributed by atoms with E-state index in [1.807, 2.05) is 6.07 Å². The highest BCUT2D eigenvalue weighted by molar-refractivity contribution is 5.95. The Balaban J connectivity index is 2.79. The molecule has 1 rings (SSSR count). The van der Waals surface area contributed by atoms with E-state index in [4.69, 9.17) is 15.9 Å². The lowest BCUT2D eigenvalue weighted by Crippen LogP contribution is -2.10. The number of hydrogen-bond acceptors (Lipinski definition) is 2. The van der Waals surface area contributed by atoms with Gasteiger partial charge in [-0.1, -0.05) is 24.8 Å². The van der Waals surface area contributed by atoms with E-state index < -0.39 is 0 Å². The predicted molar refractivity (Wildman–Crippen MR) is 53.2 cm³/mol. The molecule has 0 saturated heterocycles. The van der Waals surface area contributed by atoms with Crippen LogP contribution in [0.5, 0.6) is 5.75 Å². The molecule has 0 amide bonds. The second-order valence-corrected chi connectivity index (χ2v) is 2.54. The molecule has 0 bridgehead atoms. The summed E-state index contributed by atoms with van der Waals surface area (Å²) in [4.78, 5) is 0. The Hall–Kier alpha value is -1.77. The fraction of sp³-hybridized carbons (Fsp3) is 0.100. The summed E-state index contributed by atoms with van der Waals surface area (Å²) >= 11 is 0. The highest BCUT2D eigenvalue weighted by Crippen LogP contribution is 2.12. The van der Waals surface area contributed by atoms with Crippen LogP contribution in [0.1, 0.15) is 5.56 Å². The van der Waals surface area contributed by atoms with Crippen LogP contribution in [0.2, 0.25) is 0 Å². The standard InChI is InChI=1S/C10H12N2O/c1-2-6-13-9-5-3-4-8(7-9)10(11)12/h2-5,7H,1,6H2,(H3,11,12). The van der Waals surface area contributed by atoms with Crippen molar-refractivity contribution in [1.82, 2.24) is 0 Å². The third kappa shape index (κ3) is 2.63. The molecule has 0 aliphatic heterocycles. The number of nitrogens with two attached hydrogens (primary N) is 1. The maximum atomic E-state index is 7.21. The van der Waals surface area contributed by atoms with Gasteiger partial charge in [0.05, 0.1) is 0 Å². The Bertz CT molecular complexity index is 320. The highest BCUT2D eigenvalue weighted by Gasteiger charge is 1.97. The highest BCUT2D eigenvalue weighted by atomic mass is 16.5. The zero-order valence-corrected chi connectivity index (χ0v) is 7.29. The van der Waals surface area contributed by atoms with Crippen LogP contribution in [0.25, 0.3) is 0 Å². The van der Waals surface area contributed by atoms with E-state index in [-0.39, 0.29) is 5.84 Å². The van der Waals surface area contributed by atoms with Gasteiger partial charge in [-0.25, -0.2) is 0 Å². The summed E-state index contributed by atoms with van der Waals surface area (Å²) in [6.45, 7) is 4.00. The molecule has 0 atom stereocenters. The van der Waals surface area contributed by atoms with Crippen molar-refractivity contribution in [3.8, 4) is 5.75 Å². The molecule has 1 aromatic carbocycles. The summed E-state index contributed by atoms with van der Waals surface area (Å²) in [6.07, 6.45) is 1.67. The third-order valence-electron chi connectivity index (χ3n) is 1.51. The molecule has 0 radical (unpaired) electrons. The van der Waals surface area contributed by atoms with Crippen LogP contribution in [-0.2, 0) is 0 Å². The van der Waals surface area contributed by atoms with Gasteiger partial charge in [-0.05, 0) is 12.1 Å². The zero-order valence-electron chi connectivity index (χ0n) is 7.29. The fourth-order valence-electron chi connectivity index (χ4n) is 0.909. The lowest BCUT2D eigenvalue weighted by molar-refractivity contribution is 0.363. The van der Waals surface area contributed by atoms with E-state index >= 15 is 0 Å². The second-order valence-electron chi connectivity index (χ2n) is 2.54. The van der Waals surface area contributed by atoms with E-state index in [2.05, 4.69) is 6.58 Å². The van der Waals surface area contributed by atoms with Gasteiger partial charge >= 0.3 is 0 Å². The number of benzene rings is 1. The Kier molecular flexibility index (Phi) is 3.09. The molecule has 3 N–H and O–H groups in total. The van der Waals surface area contributed by atoms with E-state index in [0.717, 1.165) is 0 Å². The normalized spacial score (nSPS) is 9.23. The quantitative estimate of drug-likeness (QED) is 0.415. The molecule has 0 spiro atoms. The number of nitrogens with one attached hydrogen (secondary N) is 1. The van der Waals surface area contributed by atoms with Crippen LogP contribution in [0.3, 0.4) is 0 Å². The van der Waals surface area contributed by atoms with Gasteiger partial charge < -0.3 is 10.5 Å². The first kappa shape index (κ1) is 9.32. The summed E-state index contributed by atoms with van der Waals surface area (Å²) in [5.41, 5.74) is 5.99. The van der Waals surface area contributed by atoms with Gasteiger partial charge in [0.2, 0.25) is 0 Å². The average molecular weight is 176 g/mol. The molecule has 3 heteroatoms. The minimum atomic E-state index is 0.0454. The molecular weight excluding hydrogens is 164 g/mol. The molecule has 0 unspecified atom stereocenters. The summed E-state index contributed by atoms with van der Waals surface area (Å²) in [5, 5.41) is 7.21. The largest absolute Gasteiger partial charge is 0.490 e. The Morgan fingerprint density at radius 1 is 1.62 bits per heavy atom. The minimum absolute atomic E-state index is 0.0454. The Morgan fingerprint density at radius 2 is 2.38 bits per heavy atom. The first-order valence-electron chi connectivity index (χ1n) is 3.92. The van der Waals surface area contributed by atoms with E-state index in [1.54, 1.807) is 24.3 Å². The molecule has 1 aromatic rings. The van der Waals surface area contributed by atoms with Gasteiger partial charge in [0.15, 0.2) is 0 Å². The Labute approximate surface area is 77.3 Å². The molecule has 0 fully saturated rings. The van der Waals surface area contributed by atoms with Crippen molar-refractivity contribution in [2.75, 3.05) is 6.61 Å². The number of nitrogen functional groups attached to an aromatic ring is 1. The predicted octanol–water partition coefficient (Wildman–Crippen LogP) is 1.54. The van der Waals surface area contributed by atoms with Crippen molar-refractivity contribution in [1.29, 1.82) is 5.41 Å². The fourth-order valence-corrected chi connectivity index (χ4v) is 0.909. The van der Waals surface area contributed by atoms with Gasteiger partial charge in [-0.2, -0.15) is 0 Å². The van der Waals surface area contributed by atoms with Crippen molar-refractivity contribution in [3.05, 3.63) is 42.5 Å². The van der Waals surface area contributed by atoms with Crippen molar-refractivity contribution < 1.29 is 4.74 Å². The lowest BCUT2D eigenvalue weighted by atomic mass is 10.2. The summed E-state index contributed by atoms with van der Waals surface area (Å²) in [7, 11) is 0. The summed E-state index contributed by atoms with van der Waals surface area (Å²) < 4.78 is 5.28. The van der Waals surface area contributed by atoms with Crippen LogP contribution >= 0.6 is 0 Å². The third-order valence-corrected chi connectivity index (χ3v) is 1.51. The monoisotopic (exact) mass is 176 g/mol. The van der Waals surface area contributed by atoms with Gasteiger partial charge in [0, 0.05) is 5.56 Å². The second kappa shape index (κ2) is 4.30. The molecule has 0 aromatic heterocycles. The molecule has 0 saturated carbocycles. The van der Waals surface area contributed by atoms with Crippen LogP contribution in [-0.4, -0.2) is 12.4 Å². The molecular formula is C10H12N2O. The van der Waals surface area contributed by atoms with E-state index in [1.165, 1.54) is 0 Å². The first-order chi connectivity index (χ1) is 6.24. The van der Waals surface area contributed by atoms with Gasteiger partial charge in [-0.15, -0.1) is 0 Å². The zero-order chi connectivity index (χ0) is 9.68. The number of hydrogen-bond donors (Lipinski definition) is 2. The topological polar surface area (TPSA) is 59.1 Å². The number of rotatable bonds is 4. The molecule has 0 heterocycles. The van der Waals surface area contributed by atoms with Crippen LogP contribution in [0.4, 0.5) is 0 Å². The number of amidine groups is 1. The molecule has 0 aliphatic rings. The van der Waals surface area contributed by atoms with Crippen molar-refractivity contribution in [2.45, 2.75) is 0 Å². The van der Waals surface area contributed by atoms with E-state index in [9.17, 15) is 0 Å². The summed E-state index contributed by atoms with van der Waals surface area (Å²) in [5.74, 6) is 0.747. The van der Waals surface area contributed by atoms with E-state index in [0.29, 0.717) is 17.9 Å². The maximum absolute atomic E-state index is 7.21. The van der Waals surface area contributed by atoms with Gasteiger partial charge in [0.25, 0.3) is 0 Å². The maximum Gasteiger partial charge on any atom is 0.122 e. The molecule has 13 heavy (non-hydrogen) atoms. The Morgan fingerprint density at radius 3 is 3.00 bits per heavy atom. The first-order valence-corrected chi connectivity index (χ1v) is 3.92. The smallest absolute Gasteiger partial charge is 0.122 e. The van der Waals surface area contributed by atoms with Gasteiger partial charge in [0.1, 0.15) is 18.2 Å². The lowest BCUT2D eigenvalue weighted by Gasteiger charge is -2.04. The van der Waals surface area contributed by atoms with Crippen molar-refractivity contribution in [2.24, 2.45) is 5.73 Å². The molecule has 3 nitrogen and oxygen atoms in total. The van der Waals surface area contributed by atoms with Crippen molar-refractivity contribution in [3.63, 3.8) is 0 Å². The van der Waals surface area contributed by atoms with Crippen LogP contribution in [0, 0.1) is 5.41 Å². The van der Waals surface area contributed by atoms with Gasteiger partial charge in [-0.3, -0.25) is 5.41 Å². The summed E-state index contributed by atoms with van der Waals surface area (Å²) in [6, 6.07) is 7.11. The molecule has 68 valence electrons. The minimum Gasteiger partial charge on any atom is -0.490 e.